The molecule has 0 radical (unpaired) electrons. The summed E-state index contributed by atoms with van der Waals surface area (Å²) in [5.74, 6) is 0. The van der Waals surface area contributed by atoms with Crippen LogP contribution in [-0.4, -0.2) is 10.1 Å². The molecule has 3 aromatic heterocycles. The first kappa shape index (κ1) is 15.0. The molecule has 0 aliphatic carbocycles. The summed E-state index contributed by atoms with van der Waals surface area (Å²) in [5.41, 5.74) is -0.904. The maximum absolute atomic E-state index is 13.5. The topological polar surface area (TPSA) is 38.9 Å². The van der Waals surface area contributed by atoms with Crippen LogP contribution in [0.25, 0.3) is 21.7 Å². The van der Waals surface area contributed by atoms with Crippen LogP contribution in [0.15, 0.2) is 28.1 Å². The van der Waals surface area contributed by atoms with Crippen LogP contribution >= 0.6 is 11.3 Å². The van der Waals surface area contributed by atoms with Crippen molar-refractivity contribution in [2.45, 2.75) is 32.4 Å². The quantitative estimate of drug-likeness (QED) is 0.611. The highest BCUT2D eigenvalue weighted by Crippen LogP contribution is 2.41. The van der Waals surface area contributed by atoms with E-state index in [1.54, 1.807) is 38.3 Å². The van der Waals surface area contributed by atoms with Gasteiger partial charge < -0.3 is 4.52 Å². The van der Waals surface area contributed by atoms with Gasteiger partial charge in [-0.25, -0.2) is 4.98 Å². The zero-order chi connectivity index (χ0) is 16.1. The third kappa shape index (κ3) is 2.49. The average molecular weight is 326 g/mol. The molecule has 3 rings (SSSR count). The summed E-state index contributed by atoms with van der Waals surface area (Å²) in [6.07, 6.45) is -4.50. The smallest absolute Gasteiger partial charge is 0.335 e. The van der Waals surface area contributed by atoms with Crippen molar-refractivity contribution in [2.24, 2.45) is 0 Å². The Hall–Kier alpha value is -1.89. The Labute approximate surface area is 128 Å². The minimum Gasteiger partial charge on any atom is -0.335 e. The number of pyridine rings is 1. The summed E-state index contributed by atoms with van der Waals surface area (Å²) < 4.78 is 45.6. The molecule has 0 N–H and O–H groups in total. The Balaban J connectivity index is 2.36. The maximum Gasteiger partial charge on any atom is 0.417 e. The van der Waals surface area contributed by atoms with Crippen LogP contribution in [0.5, 0.6) is 0 Å². The van der Waals surface area contributed by atoms with Gasteiger partial charge in [-0.05, 0) is 17.5 Å². The molecule has 0 saturated carbocycles. The first-order chi connectivity index (χ1) is 10.2. The fourth-order valence-electron chi connectivity index (χ4n) is 2.24. The largest absolute Gasteiger partial charge is 0.417 e. The number of rotatable bonds is 1. The van der Waals surface area contributed by atoms with Gasteiger partial charge in [0.25, 0.3) is 5.71 Å². The summed E-state index contributed by atoms with van der Waals surface area (Å²) >= 11 is 1.32. The standard InChI is InChI=1S/C15H13F3N2OS/c1-14(2,3)12-11-8(15(16,17)18)7-9(10-5-4-6-22-10)19-13(11)21-20-12/h4-7H,1-3H3. The van der Waals surface area contributed by atoms with Crippen molar-refractivity contribution in [3.05, 3.63) is 34.8 Å². The van der Waals surface area contributed by atoms with E-state index in [4.69, 9.17) is 4.52 Å². The molecule has 0 bridgehead atoms. The Kier molecular flexibility index (Phi) is 3.28. The van der Waals surface area contributed by atoms with E-state index in [0.29, 0.717) is 4.88 Å². The fourth-order valence-corrected chi connectivity index (χ4v) is 2.92. The molecule has 0 spiro atoms. The number of alkyl halides is 3. The lowest BCUT2D eigenvalue weighted by atomic mass is 9.89. The normalized spacial score (nSPS) is 13.0. The molecule has 0 unspecified atom stereocenters. The van der Waals surface area contributed by atoms with Gasteiger partial charge in [0, 0.05) is 5.41 Å². The molecule has 0 saturated heterocycles. The third-order valence-electron chi connectivity index (χ3n) is 3.24. The molecule has 0 aliphatic heterocycles. The van der Waals surface area contributed by atoms with Gasteiger partial charge in [0.05, 0.1) is 27.2 Å². The zero-order valence-corrected chi connectivity index (χ0v) is 13.0. The van der Waals surface area contributed by atoms with E-state index in [2.05, 4.69) is 10.1 Å². The van der Waals surface area contributed by atoms with Gasteiger partial charge in [0.2, 0.25) is 0 Å². The number of halogens is 3. The van der Waals surface area contributed by atoms with Gasteiger partial charge in [-0.3, -0.25) is 0 Å². The summed E-state index contributed by atoms with van der Waals surface area (Å²) in [7, 11) is 0. The highest BCUT2D eigenvalue weighted by atomic mass is 32.1. The van der Waals surface area contributed by atoms with E-state index in [-0.39, 0.29) is 22.5 Å². The van der Waals surface area contributed by atoms with Crippen LogP contribution in [0.4, 0.5) is 13.2 Å². The van der Waals surface area contributed by atoms with Crippen molar-refractivity contribution in [2.75, 3.05) is 0 Å². The molecule has 3 nitrogen and oxygen atoms in total. The lowest BCUT2D eigenvalue weighted by Crippen LogP contribution is -2.15. The van der Waals surface area contributed by atoms with Crippen molar-refractivity contribution in [3.8, 4) is 10.6 Å². The van der Waals surface area contributed by atoms with Crippen LogP contribution < -0.4 is 0 Å². The summed E-state index contributed by atoms with van der Waals surface area (Å²) in [6.45, 7) is 5.37. The highest BCUT2D eigenvalue weighted by Gasteiger charge is 2.38. The van der Waals surface area contributed by atoms with Gasteiger partial charge in [-0.1, -0.05) is 32.0 Å². The van der Waals surface area contributed by atoms with Gasteiger partial charge in [-0.15, -0.1) is 11.3 Å². The summed E-state index contributed by atoms with van der Waals surface area (Å²) in [5, 5.41) is 5.56. The van der Waals surface area contributed by atoms with Crippen LogP contribution in [-0.2, 0) is 11.6 Å². The summed E-state index contributed by atoms with van der Waals surface area (Å²) in [4.78, 5) is 4.86. The molecular formula is C15H13F3N2OS. The second-order valence-corrected chi connectivity index (χ2v) is 6.94. The van der Waals surface area contributed by atoms with E-state index in [1.165, 1.54) is 11.3 Å². The predicted octanol–water partition coefficient (Wildman–Crippen LogP) is 5.27. The fraction of sp³-hybridized carbons (Fsp3) is 0.333. The number of thiophene rings is 1. The number of fused-ring (bicyclic) bond motifs is 1. The molecule has 0 aliphatic rings. The second-order valence-electron chi connectivity index (χ2n) is 5.99. The van der Waals surface area contributed by atoms with Crippen LogP contribution in [0.1, 0.15) is 32.0 Å². The van der Waals surface area contributed by atoms with E-state index < -0.39 is 17.2 Å². The monoisotopic (exact) mass is 326 g/mol. The van der Waals surface area contributed by atoms with E-state index in [0.717, 1.165) is 6.07 Å². The Morgan fingerprint density at radius 3 is 2.45 bits per heavy atom. The van der Waals surface area contributed by atoms with Crippen LogP contribution in [0.3, 0.4) is 0 Å². The van der Waals surface area contributed by atoms with E-state index >= 15 is 0 Å². The maximum atomic E-state index is 13.5. The third-order valence-corrected chi connectivity index (χ3v) is 4.13. The van der Waals surface area contributed by atoms with Crippen molar-refractivity contribution < 1.29 is 17.7 Å². The molecule has 116 valence electrons. The Morgan fingerprint density at radius 2 is 1.91 bits per heavy atom. The molecule has 22 heavy (non-hydrogen) atoms. The zero-order valence-electron chi connectivity index (χ0n) is 12.2. The number of hydrogen-bond acceptors (Lipinski definition) is 4. The molecular weight excluding hydrogens is 313 g/mol. The molecule has 7 heteroatoms. The van der Waals surface area contributed by atoms with E-state index in [9.17, 15) is 13.2 Å². The lowest BCUT2D eigenvalue weighted by molar-refractivity contribution is -0.136. The Morgan fingerprint density at radius 1 is 1.18 bits per heavy atom. The SMILES string of the molecule is CC(C)(C)c1noc2nc(-c3cccs3)cc(C(F)(F)F)c12. The molecule has 0 amide bonds. The number of hydrogen-bond donors (Lipinski definition) is 0. The minimum atomic E-state index is -4.50. The van der Waals surface area contributed by atoms with Gasteiger partial charge >= 0.3 is 6.18 Å². The first-order valence-electron chi connectivity index (χ1n) is 6.60. The first-order valence-corrected chi connectivity index (χ1v) is 7.48. The van der Waals surface area contributed by atoms with Crippen molar-refractivity contribution in [1.29, 1.82) is 0 Å². The predicted molar refractivity (Wildman–Crippen MR) is 78.8 cm³/mol. The molecule has 3 heterocycles. The molecule has 0 aromatic carbocycles. The minimum absolute atomic E-state index is 0.0553. The summed E-state index contributed by atoms with van der Waals surface area (Å²) in [6, 6.07) is 4.56. The molecule has 0 fully saturated rings. The van der Waals surface area contributed by atoms with Crippen LogP contribution in [0.2, 0.25) is 0 Å². The van der Waals surface area contributed by atoms with Gasteiger partial charge in [0.1, 0.15) is 0 Å². The highest BCUT2D eigenvalue weighted by molar-refractivity contribution is 7.13. The van der Waals surface area contributed by atoms with Gasteiger partial charge in [-0.2, -0.15) is 13.2 Å². The number of nitrogens with zero attached hydrogens (tertiary/aromatic N) is 2. The van der Waals surface area contributed by atoms with Gasteiger partial charge in [0.15, 0.2) is 0 Å². The average Bonchev–Trinajstić information content (AvgIpc) is 3.04. The van der Waals surface area contributed by atoms with Crippen LogP contribution in [0, 0.1) is 0 Å². The van der Waals surface area contributed by atoms with Crippen molar-refractivity contribution in [3.63, 3.8) is 0 Å². The number of aromatic nitrogens is 2. The van der Waals surface area contributed by atoms with Crippen molar-refractivity contribution in [1.82, 2.24) is 10.1 Å². The van der Waals surface area contributed by atoms with Crippen molar-refractivity contribution >= 4 is 22.4 Å². The second kappa shape index (κ2) is 4.81. The van der Waals surface area contributed by atoms with E-state index in [1.807, 2.05) is 0 Å². The lowest BCUT2D eigenvalue weighted by Gasteiger charge is -2.17. The molecule has 0 atom stereocenters. The Bertz CT molecular complexity index is 814. The molecule has 3 aromatic rings.